The first-order chi connectivity index (χ1) is 5.74. The highest BCUT2D eigenvalue weighted by Crippen LogP contribution is 2.09. The summed E-state index contributed by atoms with van der Waals surface area (Å²) in [6.45, 7) is 5.26. The van der Waals surface area contributed by atoms with Crippen molar-refractivity contribution in [1.82, 2.24) is 4.57 Å². The molecule has 1 atom stereocenters. The van der Waals surface area contributed by atoms with Crippen molar-refractivity contribution in [3.8, 4) is 0 Å². The minimum absolute atomic E-state index is 0.283. The minimum Gasteiger partial charge on any atom is -0.352 e. The van der Waals surface area contributed by atoms with Gasteiger partial charge in [-0.05, 0) is 38.8 Å². The van der Waals surface area contributed by atoms with Gasteiger partial charge in [0, 0.05) is 23.8 Å². The molecule has 0 fully saturated rings. The van der Waals surface area contributed by atoms with E-state index in [0.717, 1.165) is 19.4 Å². The van der Waals surface area contributed by atoms with E-state index in [0.29, 0.717) is 0 Å². The molecule has 1 aromatic heterocycles. The summed E-state index contributed by atoms with van der Waals surface area (Å²) in [7, 11) is 0. The summed E-state index contributed by atoms with van der Waals surface area (Å²) in [6, 6.07) is 4.26. The van der Waals surface area contributed by atoms with Gasteiger partial charge in [-0.15, -0.1) is 11.6 Å². The van der Waals surface area contributed by atoms with Gasteiger partial charge in [0.1, 0.15) is 0 Å². The topological polar surface area (TPSA) is 4.93 Å². The Kier molecular flexibility index (Phi) is 3.67. The van der Waals surface area contributed by atoms with Gasteiger partial charge in [0.15, 0.2) is 0 Å². The third kappa shape index (κ3) is 2.56. The molecule has 0 amide bonds. The Bertz CT molecular complexity index is 227. The molecule has 1 rings (SSSR count). The highest BCUT2D eigenvalue weighted by atomic mass is 35.5. The summed E-state index contributed by atoms with van der Waals surface area (Å²) in [6.07, 6.45) is 4.27. The zero-order valence-corrected chi connectivity index (χ0v) is 8.51. The summed E-state index contributed by atoms with van der Waals surface area (Å²) in [5.74, 6) is 0. The van der Waals surface area contributed by atoms with E-state index in [1.165, 1.54) is 5.69 Å². The third-order valence-corrected chi connectivity index (χ3v) is 2.28. The summed E-state index contributed by atoms with van der Waals surface area (Å²) in [5.41, 5.74) is 1.39. The molecule has 0 aromatic carbocycles. The zero-order chi connectivity index (χ0) is 8.97. The van der Waals surface area contributed by atoms with E-state index in [9.17, 15) is 0 Å². The van der Waals surface area contributed by atoms with Crippen LogP contribution in [0.3, 0.4) is 0 Å². The fourth-order valence-corrected chi connectivity index (χ4v) is 1.44. The van der Waals surface area contributed by atoms with Gasteiger partial charge in [0.25, 0.3) is 0 Å². The molecule has 0 bridgehead atoms. The van der Waals surface area contributed by atoms with E-state index >= 15 is 0 Å². The van der Waals surface area contributed by atoms with Gasteiger partial charge in [-0.1, -0.05) is 0 Å². The lowest BCUT2D eigenvalue weighted by atomic mass is 10.2. The van der Waals surface area contributed by atoms with Crippen LogP contribution in [0, 0.1) is 0 Å². The molecule has 0 spiro atoms. The molecular weight excluding hydrogens is 170 g/mol. The maximum Gasteiger partial charge on any atom is 0.0311 e. The van der Waals surface area contributed by atoms with E-state index in [1.807, 2.05) is 6.92 Å². The van der Waals surface area contributed by atoms with Crippen molar-refractivity contribution in [2.45, 2.75) is 38.6 Å². The fraction of sp³-hybridized carbons (Fsp3) is 0.600. The first-order valence-corrected chi connectivity index (χ1v) is 4.95. The molecule has 0 N–H and O–H groups in total. The smallest absolute Gasteiger partial charge is 0.0311 e. The number of rotatable bonds is 4. The van der Waals surface area contributed by atoms with Crippen LogP contribution in [0.5, 0.6) is 0 Å². The second kappa shape index (κ2) is 4.56. The third-order valence-electron chi connectivity index (χ3n) is 2.06. The van der Waals surface area contributed by atoms with Crippen LogP contribution in [0.25, 0.3) is 0 Å². The maximum absolute atomic E-state index is 5.88. The Hall–Kier alpha value is -0.430. The van der Waals surface area contributed by atoms with Gasteiger partial charge in [0.2, 0.25) is 0 Å². The van der Waals surface area contributed by atoms with Crippen LogP contribution in [0.15, 0.2) is 18.3 Å². The average molecular weight is 186 g/mol. The van der Waals surface area contributed by atoms with Crippen LogP contribution in [-0.4, -0.2) is 9.94 Å². The molecule has 1 nitrogen and oxygen atoms in total. The van der Waals surface area contributed by atoms with Crippen molar-refractivity contribution >= 4 is 11.6 Å². The summed E-state index contributed by atoms with van der Waals surface area (Å²) >= 11 is 5.88. The van der Waals surface area contributed by atoms with Gasteiger partial charge in [-0.25, -0.2) is 0 Å². The van der Waals surface area contributed by atoms with Crippen LogP contribution in [-0.2, 0) is 13.0 Å². The van der Waals surface area contributed by atoms with E-state index in [1.54, 1.807) is 0 Å². The van der Waals surface area contributed by atoms with E-state index in [-0.39, 0.29) is 5.38 Å². The second-order valence-electron chi connectivity index (χ2n) is 3.10. The highest BCUT2D eigenvalue weighted by molar-refractivity contribution is 6.20. The average Bonchev–Trinajstić information content (AvgIpc) is 2.47. The number of aryl methyl sites for hydroxylation is 2. The second-order valence-corrected chi connectivity index (χ2v) is 3.85. The normalized spacial score (nSPS) is 13.2. The van der Waals surface area contributed by atoms with Crippen LogP contribution in [0.4, 0.5) is 0 Å². The molecule has 0 aliphatic carbocycles. The highest BCUT2D eigenvalue weighted by Gasteiger charge is 2.01. The number of hydrogen-bond acceptors (Lipinski definition) is 0. The first-order valence-electron chi connectivity index (χ1n) is 4.52. The zero-order valence-electron chi connectivity index (χ0n) is 7.76. The lowest BCUT2D eigenvalue weighted by molar-refractivity contribution is 0.682. The van der Waals surface area contributed by atoms with Crippen molar-refractivity contribution in [2.75, 3.05) is 0 Å². The molecule has 68 valence electrons. The number of halogens is 1. The quantitative estimate of drug-likeness (QED) is 0.636. The van der Waals surface area contributed by atoms with Crippen LogP contribution < -0.4 is 0 Å². The molecule has 0 saturated heterocycles. The Balaban J connectivity index is 2.50. The molecule has 0 aliphatic rings. The lowest BCUT2D eigenvalue weighted by Gasteiger charge is -2.06. The Labute approximate surface area is 79.3 Å². The van der Waals surface area contributed by atoms with Gasteiger partial charge in [-0.2, -0.15) is 0 Å². The van der Waals surface area contributed by atoms with Gasteiger partial charge >= 0.3 is 0 Å². The molecule has 0 saturated carbocycles. The predicted octanol–water partition coefficient (Wildman–Crippen LogP) is 3.07. The van der Waals surface area contributed by atoms with Crippen molar-refractivity contribution in [1.29, 1.82) is 0 Å². The minimum atomic E-state index is 0.283. The molecule has 1 heterocycles. The number of nitrogens with zero attached hydrogens (tertiary/aromatic N) is 1. The largest absolute Gasteiger partial charge is 0.352 e. The van der Waals surface area contributed by atoms with E-state index in [2.05, 4.69) is 29.8 Å². The van der Waals surface area contributed by atoms with Crippen LogP contribution in [0.2, 0.25) is 0 Å². The first kappa shape index (κ1) is 9.66. The Morgan fingerprint density at radius 1 is 1.58 bits per heavy atom. The number of alkyl halides is 1. The van der Waals surface area contributed by atoms with Crippen LogP contribution in [0.1, 0.15) is 26.0 Å². The predicted molar refractivity (Wildman–Crippen MR) is 53.7 cm³/mol. The molecule has 12 heavy (non-hydrogen) atoms. The van der Waals surface area contributed by atoms with Crippen molar-refractivity contribution in [3.63, 3.8) is 0 Å². The Morgan fingerprint density at radius 3 is 2.92 bits per heavy atom. The summed E-state index contributed by atoms with van der Waals surface area (Å²) in [5, 5.41) is 0.283. The Morgan fingerprint density at radius 2 is 2.33 bits per heavy atom. The number of hydrogen-bond donors (Lipinski definition) is 0. The molecule has 0 radical (unpaired) electrons. The van der Waals surface area contributed by atoms with Gasteiger partial charge < -0.3 is 4.57 Å². The molecule has 1 unspecified atom stereocenters. The maximum atomic E-state index is 5.88. The molecular formula is C10H16ClN. The van der Waals surface area contributed by atoms with Gasteiger partial charge in [-0.3, -0.25) is 0 Å². The van der Waals surface area contributed by atoms with Crippen molar-refractivity contribution in [3.05, 3.63) is 24.0 Å². The number of aromatic nitrogens is 1. The standard InChI is InChI=1S/C10H16ClN/c1-3-12-8-4-5-10(12)7-6-9(2)11/h4-5,8-9H,3,6-7H2,1-2H3. The molecule has 0 aliphatic heterocycles. The fourth-order valence-electron chi connectivity index (χ4n) is 1.33. The molecule has 1 aromatic rings. The van der Waals surface area contributed by atoms with E-state index < -0.39 is 0 Å². The van der Waals surface area contributed by atoms with Crippen molar-refractivity contribution < 1.29 is 0 Å². The summed E-state index contributed by atoms with van der Waals surface area (Å²) in [4.78, 5) is 0. The lowest BCUT2D eigenvalue weighted by Crippen LogP contribution is -2.02. The summed E-state index contributed by atoms with van der Waals surface area (Å²) < 4.78 is 2.26. The van der Waals surface area contributed by atoms with Crippen molar-refractivity contribution in [2.24, 2.45) is 0 Å². The van der Waals surface area contributed by atoms with Gasteiger partial charge in [0.05, 0.1) is 0 Å². The van der Waals surface area contributed by atoms with Crippen LogP contribution >= 0.6 is 11.6 Å². The molecule has 2 heteroatoms. The van der Waals surface area contributed by atoms with E-state index in [4.69, 9.17) is 11.6 Å². The monoisotopic (exact) mass is 185 g/mol. The SMILES string of the molecule is CCn1cccc1CCC(C)Cl.